The third-order valence-electron chi connectivity index (χ3n) is 7.26. The van der Waals surface area contributed by atoms with E-state index in [9.17, 15) is 4.79 Å². The molecule has 1 N–H and O–H groups in total. The minimum absolute atomic E-state index is 0.0722. The van der Waals surface area contributed by atoms with Gasteiger partial charge in [0, 0.05) is 36.5 Å². The first-order chi connectivity index (χ1) is 20.7. The molecule has 0 bridgehead atoms. The highest BCUT2D eigenvalue weighted by atomic mass is 32.2. The van der Waals surface area contributed by atoms with Crippen molar-refractivity contribution in [2.24, 2.45) is 0 Å². The van der Waals surface area contributed by atoms with Crippen molar-refractivity contribution in [2.45, 2.75) is 79.4 Å². The minimum atomic E-state index is 0.0722. The lowest BCUT2D eigenvalue weighted by Crippen LogP contribution is -2.18. The second-order valence-electron chi connectivity index (χ2n) is 10.5. The molecular weight excluding hydrogens is 553 g/mol. The zero-order valence-corrected chi connectivity index (χ0v) is 26.6. The predicted molar refractivity (Wildman–Crippen MR) is 183 cm³/mol. The number of unbranched alkanes of at least 4 members (excludes halogenated alkanes) is 5. The molecule has 0 unspecified atom stereocenters. The van der Waals surface area contributed by atoms with Crippen molar-refractivity contribution in [2.75, 3.05) is 18.0 Å². The summed E-state index contributed by atoms with van der Waals surface area (Å²) in [4.78, 5) is 19.6. The van der Waals surface area contributed by atoms with Gasteiger partial charge in [0.05, 0.1) is 10.9 Å². The van der Waals surface area contributed by atoms with Crippen molar-refractivity contribution in [3.05, 3.63) is 120 Å². The number of hydrogen-bond acceptors (Lipinski definition) is 3. The van der Waals surface area contributed by atoms with E-state index in [0.717, 1.165) is 37.2 Å². The Morgan fingerprint density at radius 3 is 2.00 bits per heavy atom. The van der Waals surface area contributed by atoms with Crippen molar-refractivity contribution < 1.29 is 4.79 Å². The van der Waals surface area contributed by atoms with Gasteiger partial charge in [-0.3, -0.25) is 9.52 Å². The quantitative estimate of drug-likeness (QED) is 0.0921. The molecule has 3 aromatic carbocycles. The topological polar surface area (TPSA) is 32.3 Å². The summed E-state index contributed by atoms with van der Waals surface area (Å²) >= 11 is 1.42. The average molecular weight is 598 g/mol. The normalized spacial score (nSPS) is 14.0. The molecule has 0 aromatic heterocycles. The highest BCUT2D eigenvalue weighted by Gasteiger charge is 2.30. The van der Waals surface area contributed by atoms with Gasteiger partial charge in [0.15, 0.2) is 9.79 Å². The average Bonchev–Trinajstić information content (AvgIpc) is 3.59. The molecule has 1 heterocycles. The Labute approximate surface area is 260 Å². The van der Waals surface area contributed by atoms with Gasteiger partial charge >= 0.3 is 0 Å². The van der Waals surface area contributed by atoms with Crippen LogP contribution in [0, 0.1) is 0 Å². The number of carbonyl (C=O) groups excluding carboxylic acids is 1. The van der Waals surface area contributed by atoms with E-state index in [2.05, 4.69) is 132 Å². The second-order valence-corrected chi connectivity index (χ2v) is 13.5. The Bertz CT molecular complexity index is 1240. The Morgan fingerprint density at radius 1 is 0.786 bits per heavy atom. The highest BCUT2D eigenvalue weighted by molar-refractivity contribution is 8.00. The van der Waals surface area contributed by atoms with Crippen molar-refractivity contribution in [3.63, 3.8) is 0 Å². The van der Waals surface area contributed by atoms with Crippen LogP contribution in [-0.4, -0.2) is 19.0 Å². The number of carbonyl (C=O) groups is 1. The summed E-state index contributed by atoms with van der Waals surface area (Å²) in [5.74, 6) is 0.137. The summed E-state index contributed by atoms with van der Waals surface area (Å²) in [5.41, 5.74) is 1.23. The van der Waals surface area contributed by atoms with Gasteiger partial charge in [-0.15, -0.1) is 0 Å². The van der Waals surface area contributed by atoms with Crippen molar-refractivity contribution >= 4 is 34.4 Å². The summed E-state index contributed by atoms with van der Waals surface area (Å²) in [7, 11) is 0.0722. The molecule has 0 atom stereocenters. The fraction of sp³-hybridized carbons (Fsp3) is 0.324. The fourth-order valence-corrected chi connectivity index (χ4v) is 7.83. The molecule has 1 aliphatic carbocycles. The van der Waals surface area contributed by atoms with Gasteiger partial charge in [0.2, 0.25) is 5.91 Å². The standard InChI is InChI=1S/C19H28N2OS.C18H17S/c1-2-3-4-5-6-7-10-19(22)20-23-18-13-11-17(12-14-18)21-15-8-9-16-21;1-4-10-16(11-5-1)19(17-12-6-2-7-13-17)18-14-8-3-9-15-18/h8-9,11-14H,2-7,10,15-16H2,1H3,(H,20,22);1-8,10-14H,9,15H2/q;+1. The molecule has 5 heteroatoms. The molecule has 0 saturated carbocycles. The molecular formula is C37H45N2OS2+. The first-order valence-corrected chi connectivity index (χ1v) is 17.4. The summed E-state index contributed by atoms with van der Waals surface area (Å²) in [6.07, 6.45) is 21.4. The number of nitrogens with one attached hydrogen (secondary N) is 1. The number of nitrogens with zero attached hydrogens (tertiary/aromatic N) is 1. The molecule has 2 aliphatic rings. The molecule has 5 rings (SSSR count). The van der Waals surface area contributed by atoms with Gasteiger partial charge in [-0.05, 0) is 79.4 Å². The molecule has 0 fully saturated rings. The van der Waals surface area contributed by atoms with Crippen LogP contribution in [-0.2, 0) is 15.7 Å². The summed E-state index contributed by atoms with van der Waals surface area (Å²) in [6, 6.07) is 30.1. The lowest BCUT2D eigenvalue weighted by molar-refractivity contribution is -0.119. The van der Waals surface area contributed by atoms with Crippen molar-refractivity contribution in [3.8, 4) is 0 Å². The molecule has 3 aromatic rings. The van der Waals surface area contributed by atoms with E-state index in [4.69, 9.17) is 0 Å². The van der Waals surface area contributed by atoms with Gasteiger partial charge in [0.1, 0.15) is 4.91 Å². The van der Waals surface area contributed by atoms with Crippen LogP contribution >= 0.6 is 11.9 Å². The van der Waals surface area contributed by atoms with E-state index in [1.54, 1.807) is 4.91 Å². The van der Waals surface area contributed by atoms with Crippen molar-refractivity contribution in [1.29, 1.82) is 0 Å². The summed E-state index contributed by atoms with van der Waals surface area (Å²) in [6.45, 7) is 4.20. The van der Waals surface area contributed by atoms with Crippen LogP contribution in [0.15, 0.2) is 135 Å². The van der Waals surface area contributed by atoms with Crippen LogP contribution in [0.25, 0.3) is 0 Å². The highest BCUT2D eigenvalue weighted by Crippen LogP contribution is 2.33. The maximum absolute atomic E-state index is 11.8. The lowest BCUT2D eigenvalue weighted by Gasteiger charge is -2.17. The van der Waals surface area contributed by atoms with Gasteiger partial charge in [-0.2, -0.15) is 0 Å². The minimum Gasteiger partial charge on any atom is -0.364 e. The first kappa shape index (κ1) is 31.8. The van der Waals surface area contributed by atoms with E-state index >= 15 is 0 Å². The zero-order chi connectivity index (χ0) is 29.2. The number of hydrogen-bond donors (Lipinski definition) is 1. The summed E-state index contributed by atoms with van der Waals surface area (Å²) < 4.78 is 2.94. The molecule has 1 amide bonds. The lowest BCUT2D eigenvalue weighted by atomic mass is 10.1. The Balaban J connectivity index is 0.000000196. The third-order valence-corrected chi connectivity index (χ3v) is 10.4. The monoisotopic (exact) mass is 597 g/mol. The van der Waals surface area contributed by atoms with Gasteiger partial charge in [0.25, 0.3) is 0 Å². The number of amides is 1. The number of rotatable bonds is 13. The van der Waals surface area contributed by atoms with E-state index in [1.807, 2.05) is 0 Å². The van der Waals surface area contributed by atoms with Crippen LogP contribution in [0.3, 0.4) is 0 Å². The Hall–Kier alpha value is -3.15. The maximum Gasteiger partial charge on any atom is 0.230 e. The van der Waals surface area contributed by atoms with Crippen LogP contribution in [0.2, 0.25) is 0 Å². The van der Waals surface area contributed by atoms with Gasteiger partial charge < -0.3 is 4.90 Å². The maximum atomic E-state index is 11.8. The van der Waals surface area contributed by atoms with Gasteiger partial charge in [-0.25, -0.2) is 0 Å². The predicted octanol–water partition coefficient (Wildman–Crippen LogP) is 9.89. The molecule has 220 valence electrons. The van der Waals surface area contributed by atoms with Crippen LogP contribution < -0.4 is 9.62 Å². The van der Waals surface area contributed by atoms with Gasteiger partial charge in [-0.1, -0.05) is 99.7 Å². The number of allylic oxidation sites excluding steroid dienone is 4. The smallest absolute Gasteiger partial charge is 0.230 e. The third kappa shape index (κ3) is 10.6. The second kappa shape index (κ2) is 18.4. The molecule has 3 nitrogen and oxygen atoms in total. The summed E-state index contributed by atoms with van der Waals surface area (Å²) in [5, 5.41) is 0. The van der Waals surface area contributed by atoms with Crippen LogP contribution in [0.4, 0.5) is 5.69 Å². The van der Waals surface area contributed by atoms with E-state index in [1.165, 1.54) is 59.5 Å². The van der Waals surface area contributed by atoms with Crippen LogP contribution in [0.1, 0.15) is 64.7 Å². The first-order valence-electron chi connectivity index (χ1n) is 15.4. The molecule has 1 aliphatic heterocycles. The SMILES string of the molecule is C1=CCCC([S+](c2ccccc2)c2ccccc2)=C1.CCCCCCCCC(=O)NSc1ccc(N2CC=CC2)cc1. The van der Waals surface area contributed by atoms with Crippen molar-refractivity contribution in [1.82, 2.24) is 4.72 Å². The van der Waals surface area contributed by atoms with E-state index < -0.39 is 0 Å². The molecule has 0 radical (unpaired) electrons. The van der Waals surface area contributed by atoms with E-state index in [-0.39, 0.29) is 16.8 Å². The fourth-order valence-electron chi connectivity index (χ4n) is 4.95. The largest absolute Gasteiger partial charge is 0.364 e. The van der Waals surface area contributed by atoms with Crippen LogP contribution in [0.5, 0.6) is 0 Å². The number of benzene rings is 3. The Morgan fingerprint density at radius 2 is 1.40 bits per heavy atom. The molecule has 0 saturated heterocycles. The van der Waals surface area contributed by atoms with E-state index in [0.29, 0.717) is 6.42 Å². The molecule has 0 spiro atoms. The number of anilines is 1. The Kier molecular flexibility index (Phi) is 13.9. The zero-order valence-electron chi connectivity index (χ0n) is 24.9. The molecule has 42 heavy (non-hydrogen) atoms.